The standard InChI is InChI=1S/C18H15N3O3S/c1-12-3-5-15(17-6-4-14(9-19)10-20-17)8-18(12)21-25(22,23)16-7-13(2)24-11-16/h3-8,10-11,21H,1-2H3. The van der Waals surface area contributed by atoms with E-state index < -0.39 is 10.0 Å². The van der Waals surface area contributed by atoms with Gasteiger partial charge < -0.3 is 4.42 Å². The summed E-state index contributed by atoms with van der Waals surface area (Å²) >= 11 is 0. The first-order chi connectivity index (χ1) is 11.9. The van der Waals surface area contributed by atoms with Gasteiger partial charge in [-0.1, -0.05) is 12.1 Å². The molecule has 25 heavy (non-hydrogen) atoms. The van der Waals surface area contributed by atoms with Crippen LogP contribution in [0.1, 0.15) is 16.9 Å². The van der Waals surface area contributed by atoms with E-state index in [0.29, 0.717) is 22.7 Å². The van der Waals surface area contributed by atoms with E-state index in [1.807, 2.05) is 25.1 Å². The molecule has 1 aromatic carbocycles. The number of anilines is 1. The lowest BCUT2D eigenvalue weighted by Crippen LogP contribution is -2.13. The van der Waals surface area contributed by atoms with Gasteiger partial charge in [0, 0.05) is 11.8 Å². The van der Waals surface area contributed by atoms with Gasteiger partial charge in [-0.25, -0.2) is 8.42 Å². The molecule has 6 nitrogen and oxygen atoms in total. The summed E-state index contributed by atoms with van der Waals surface area (Å²) in [4.78, 5) is 4.31. The number of hydrogen-bond donors (Lipinski definition) is 1. The summed E-state index contributed by atoms with van der Waals surface area (Å²) in [6.07, 6.45) is 2.69. The fourth-order valence-corrected chi connectivity index (χ4v) is 3.41. The highest BCUT2D eigenvalue weighted by molar-refractivity contribution is 7.92. The van der Waals surface area contributed by atoms with Crippen LogP contribution < -0.4 is 4.72 Å². The van der Waals surface area contributed by atoms with Gasteiger partial charge in [0.1, 0.15) is 23.0 Å². The number of hydrogen-bond acceptors (Lipinski definition) is 5. The molecule has 0 spiro atoms. The zero-order valence-electron chi connectivity index (χ0n) is 13.6. The molecule has 7 heteroatoms. The van der Waals surface area contributed by atoms with Gasteiger partial charge >= 0.3 is 0 Å². The number of benzene rings is 1. The van der Waals surface area contributed by atoms with Crippen molar-refractivity contribution in [2.75, 3.05) is 4.72 Å². The number of furan rings is 1. The molecule has 0 saturated heterocycles. The summed E-state index contributed by atoms with van der Waals surface area (Å²) in [6.45, 7) is 3.50. The van der Waals surface area contributed by atoms with Gasteiger partial charge in [-0.15, -0.1) is 0 Å². The number of nitrogens with zero attached hydrogens (tertiary/aromatic N) is 2. The minimum absolute atomic E-state index is 0.0753. The van der Waals surface area contributed by atoms with E-state index in [1.54, 1.807) is 25.1 Å². The molecule has 0 radical (unpaired) electrons. The van der Waals surface area contributed by atoms with Crippen molar-refractivity contribution < 1.29 is 12.8 Å². The molecule has 3 aromatic rings. The Labute approximate surface area is 145 Å². The monoisotopic (exact) mass is 353 g/mol. The molecular formula is C18H15N3O3S. The minimum Gasteiger partial charge on any atom is -0.468 e. The lowest BCUT2D eigenvalue weighted by Gasteiger charge is -2.11. The predicted molar refractivity (Wildman–Crippen MR) is 93.4 cm³/mol. The van der Waals surface area contributed by atoms with Crippen LogP contribution in [-0.4, -0.2) is 13.4 Å². The average Bonchev–Trinajstić information content (AvgIpc) is 3.04. The fourth-order valence-electron chi connectivity index (χ4n) is 2.29. The van der Waals surface area contributed by atoms with Crippen molar-refractivity contribution in [3.05, 3.63) is 65.7 Å². The van der Waals surface area contributed by atoms with E-state index in [9.17, 15) is 8.42 Å². The Bertz CT molecular complexity index is 1060. The molecule has 0 atom stereocenters. The second-order valence-corrected chi connectivity index (χ2v) is 7.25. The van der Waals surface area contributed by atoms with Crippen LogP contribution in [0, 0.1) is 25.2 Å². The first-order valence-corrected chi connectivity index (χ1v) is 8.92. The Morgan fingerprint density at radius 2 is 1.96 bits per heavy atom. The smallest absolute Gasteiger partial charge is 0.265 e. The van der Waals surface area contributed by atoms with Gasteiger partial charge in [-0.05, 0) is 43.7 Å². The maximum absolute atomic E-state index is 12.5. The van der Waals surface area contributed by atoms with Gasteiger partial charge in [-0.2, -0.15) is 5.26 Å². The molecule has 0 bridgehead atoms. The third-order valence-electron chi connectivity index (χ3n) is 3.69. The maximum Gasteiger partial charge on any atom is 0.265 e. The maximum atomic E-state index is 12.5. The molecule has 2 heterocycles. The fraction of sp³-hybridized carbons (Fsp3) is 0.111. The Kier molecular flexibility index (Phi) is 4.30. The molecule has 2 aromatic heterocycles. The van der Waals surface area contributed by atoms with Crippen LogP contribution in [-0.2, 0) is 10.0 Å². The van der Waals surface area contributed by atoms with E-state index >= 15 is 0 Å². The number of nitriles is 1. The Morgan fingerprint density at radius 3 is 2.56 bits per heavy atom. The van der Waals surface area contributed by atoms with Crippen molar-refractivity contribution in [3.63, 3.8) is 0 Å². The molecule has 0 aliphatic carbocycles. The Balaban J connectivity index is 1.95. The molecule has 0 unspecified atom stereocenters. The highest BCUT2D eigenvalue weighted by Gasteiger charge is 2.18. The molecule has 3 rings (SSSR count). The second kappa shape index (κ2) is 6.42. The number of sulfonamides is 1. The molecular weight excluding hydrogens is 338 g/mol. The second-order valence-electron chi connectivity index (χ2n) is 5.57. The van der Waals surface area contributed by atoms with E-state index in [1.165, 1.54) is 18.5 Å². The van der Waals surface area contributed by atoms with Crippen molar-refractivity contribution in [3.8, 4) is 17.3 Å². The first kappa shape index (κ1) is 16.7. The lowest BCUT2D eigenvalue weighted by atomic mass is 10.1. The minimum atomic E-state index is -3.73. The highest BCUT2D eigenvalue weighted by atomic mass is 32.2. The Hall–Kier alpha value is -3.11. The molecule has 0 fully saturated rings. The van der Waals surface area contributed by atoms with E-state index in [2.05, 4.69) is 9.71 Å². The molecule has 0 amide bonds. The van der Waals surface area contributed by atoms with Crippen LogP contribution in [0.3, 0.4) is 0 Å². The average molecular weight is 353 g/mol. The molecule has 0 saturated carbocycles. The largest absolute Gasteiger partial charge is 0.468 e. The lowest BCUT2D eigenvalue weighted by molar-refractivity contribution is 0.528. The quantitative estimate of drug-likeness (QED) is 0.772. The summed E-state index contributed by atoms with van der Waals surface area (Å²) in [5, 5.41) is 8.84. The van der Waals surface area contributed by atoms with Gasteiger partial charge in [-0.3, -0.25) is 9.71 Å². The van der Waals surface area contributed by atoms with Gasteiger partial charge in [0.25, 0.3) is 10.0 Å². The van der Waals surface area contributed by atoms with E-state index in [-0.39, 0.29) is 4.90 Å². The molecule has 0 aliphatic rings. The SMILES string of the molecule is Cc1cc(S(=O)(=O)Nc2cc(-c3ccc(C#N)cn3)ccc2C)co1. The van der Waals surface area contributed by atoms with Crippen LogP contribution in [0.15, 0.2) is 58.2 Å². The normalized spacial score (nSPS) is 11.1. The summed E-state index contributed by atoms with van der Waals surface area (Å²) in [5.74, 6) is 0.521. The van der Waals surface area contributed by atoms with Crippen LogP contribution >= 0.6 is 0 Å². The summed E-state index contributed by atoms with van der Waals surface area (Å²) in [7, 11) is -3.73. The van der Waals surface area contributed by atoms with E-state index in [0.717, 1.165) is 11.1 Å². The van der Waals surface area contributed by atoms with Gasteiger partial charge in [0.15, 0.2) is 0 Å². The third kappa shape index (κ3) is 3.54. The summed E-state index contributed by atoms with van der Waals surface area (Å²) in [5.41, 5.74) is 3.10. The van der Waals surface area contributed by atoms with Crippen LogP contribution in [0.4, 0.5) is 5.69 Å². The van der Waals surface area contributed by atoms with Gasteiger partial charge in [0.05, 0.1) is 16.9 Å². The number of aromatic nitrogens is 1. The van der Waals surface area contributed by atoms with Crippen molar-refractivity contribution in [1.82, 2.24) is 4.98 Å². The highest BCUT2D eigenvalue weighted by Crippen LogP contribution is 2.26. The van der Waals surface area contributed by atoms with Crippen LogP contribution in [0.5, 0.6) is 0 Å². The first-order valence-electron chi connectivity index (χ1n) is 7.44. The van der Waals surface area contributed by atoms with Crippen molar-refractivity contribution in [1.29, 1.82) is 5.26 Å². The molecule has 0 aliphatic heterocycles. The number of aryl methyl sites for hydroxylation is 2. The zero-order valence-corrected chi connectivity index (χ0v) is 14.5. The van der Waals surface area contributed by atoms with E-state index in [4.69, 9.17) is 9.68 Å². The third-order valence-corrected chi connectivity index (χ3v) is 5.01. The molecule has 1 N–H and O–H groups in total. The number of nitrogens with one attached hydrogen (secondary N) is 1. The zero-order chi connectivity index (χ0) is 18.0. The van der Waals surface area contributed by atoms with Gasteiger partial charge in [0.2, 0.25) is 0 Å². The van der Waals surface area contributed by atoms with Crippen molar-refractivity contribution in [2.24, 2.45) is 0 Å². The molecule has 126 valence electrons. The van der Waals surface area contributed by atoms with Crippen LogP contribution in [0.2, 0.25) is 0 Å². The predicted octanol–water partition coefficient (Wildman–Crippen LogP) is 3.63. The van der Waals surface area contributed by atoms with Crippen LogP contribution in [0.25, 0.3) is 11.3 Å². The Morgan fingerprint density at radius 1 is 1.16 bits per heavy atom. The summed E-state index contributed by atoms with van der Waals surface area (Å²) in [6, 6.07) is 12.2. The number of rotatable bonds is 4. The summed E-state index contributed by atoms with van der Waals surface area (Å²) < 4.78 is 32.6. The topological polar surface area (TPSA) is 96.0 Å². The van der Waals surface area contributed by atoms with Crippen molar-refractivity contribution in [2.45, 2.75) is 18.7 Å². The number of pyridine rings is 1. The van der Waals surface area contributed by atoms with Crippen molar-refractivity contribution >= 4 is 15.7 Å².